The SMILES string of the molecule is CCOc1cc(/C=C/C(=O)c2ccncc2)cc(C)c1OCC. The van der Waals surface area contributed by atoms with Crippen molar-refractivity contribution in [3.63, 3.8) is 0 Å². The lowest BCUT2D eigenvalue weighted by atomic mass is 10.1. The lowest BCUT2D eigenvalue weighted by Gasteiger charge is -2.14. The van der Waals surface area contributed by atoms with E-state index in [-0.39, 0.29) is 5.78 Å². The van der Waals surface area contributed by atoms with Crippen molar-refractivity contribution in [2.45, 2.75) is 20.8 Å². The van der Waals surface area contributed by atoms with E-state index >= 15 is 0 Å². The molecule has 0 aliphatic carbocycles. The van der Waals surface area contributed by atoms with Gasteiger partial charge in [0.05, 0.1) is 13.2 Å². The molecule has 0 amide bonds. The van der Waals surface area contributed by atoms with Gasteiger partial charge in [-0.2, -0.15) is 0 Å². The van der Waals surface area contributed by atoms with E-state index in [0.717, 1.165) is 16.9 Å². The van der Waals surface area contributed by atoms with Gasteiger partial charge >= 0.3 is 0 Å². The molecule has 1 aromatic heterocycles. The van der Waals surface area contributed by atoms with Crippen molar-refractivity contribution in [1.82, 2.24) is 4.98 Å². The molecule has 4 heteroatoms. The molecule has 0 N–H and O–H groups in total. The summed E-state index contributed by atoms with van der Waals surface area (Å²) in [6.45, 7) is 6.98. The van der Waals surface area contributed by atoms with E-state index in [1.54, 1.807) is 36.7 Å². The second-order valence-corrected chi connectivity index (χ2v) is 4.96. The van der Waals surface area contributed by atoms with Gasteiger partial charge in [0.2, 0.25) is 0 Å². The highest BCUT2D eigenvalue weighted by atomic mass is 16.5. The van der Waals surface area contributed by atoms with E-state index in [1.165, 1.54) is 0 Å². The second-order valence-electron chi connectivity index (χ2n) is 4.96. The number of aromatic nitrogens is 1. The molecule has 0 spiro atoms. The van der Waals surface area contributed by atoms with Crippen LogP contribution in [0.25, 0.3) is 6.08 Å². The molecule has 2 aromatic rings. The number of carbonyl (C=O) groups excluding carboxylic acids is 1. The minimum absolute atomic E-state index is 0.0584. The molecule has 1 heterocycles. The van der Waals surface area contributed by atoms with Crippen molar-refractivity contribution >= 4 is 11.9 Å². The highest BCUT2D eigenvalue weighted by Gasteiger charge is 2.10. The summed E-state index contributed by atoms with van der Waals surface area (Å²) in [7, 11) is 0. The molecule has 23 heavy (non-hydrogen) atoms. The molecule has 0 atom stereocenters. The Morgan fingerprint density at radius 1 is 1.13 bits per heavy atom. The summed E-state index contributed by atoms with van der Waals surface area (Å²) in [4.78, 5) is 16.0. The number of aryl methyl sites for hydroxylation is 1. The summed E-state index contributed by atoms with van der Waals surface area (Å²) in [6.07, 6.45) is 6.55. The number of ether oxygens (including phenoxy) is 2. The standard InChI is InChI=1S/C19H21NO3/c1-4-22-18-13-15(12-14(3)19(18)23-5-2)6-7-17(21)16-8-10-20-11-9-16/h6-13H,4-5H2,1-3H3/b7-6+. The fourth-order valence-corrected chi connectivity index (χ4v) is 2.24. The molecule has 0 aliphatic rings. The number of nitrogens with zero attached hydrogens (tertiary/aromatic N) is 1. The Morgan fingerprint density at radius 3 is 2.48 bits per heavy atom. The maximum Gasteiger partial charge on any atom is 0.185 e. The highest BCUT2D eigenvalue weighted by Crippen LogP contribution is 2.33. The summed E-state index contributed by atoms with van der Waals surface area (Å²) in [5, 5.41) is 0. The quantitative estimate of drug-likeness (QED) is 0.571. The van der Waals surface area contributed by atoms with Crippen molar-refractivity contribution in [3.8, 4) is 11.5 Å². The molecular weight excluding hydrogens is 290 g/mol. The number of hydrogen-bond donors (Lipinski definition) is 0. The summed E-state index contributed by atoms with van der Waals surface area (Å²) in [6, 6.07) is 7.26. The lowest BCUT2D eigenvalue weighted by molar-refractivity contribution is 0.104. The summed E-state index contributed by atoms with van der Waals surface area (Å²) >= 11 is 0. The first-order valence-corrected chi connectivity index (χ1v) is 7.68. The van der Waals surface area contributed by atoms with Gasteiger partial charge in [-0.25, -0.2) is 0 Å². The van der Waals surface area contributed by atoms with Gasteiger partial charge < -0.3 is 9.47 Å². The van der Waals surface area contributed by atoms with Crippen LogP contribution in [0.4, 0.5) is 0 Å². The second kappa shape index (κ2) is 8.13. The molecule has 120 valence electrons. The monoisotopic (exact) mass is 311 g/mol. The minimum Gasteiger partial charge on any atom is -0.490 e. The number of ketones is 1. The van der Waals surface area contributed by atoms with Crippen LogP contribution in [0.5, 0.6) is 11.5 Å². The first-order valence-electron chi connectivity index (χ1n) is 7.68. The summed E-state index contributed by atoms with van der Waals surface area (Å²) < 4.78 is 11.3. The maximum atomic E-state index is 12.1. The van der Waals surface area contributed by atoms with Crippen LogP contribution < -0.4 is 9.47 Å². The third kappa shape index (κ3) is 4.42. The van der Waals surface area contributed by atoms with Gasteiger partial charge in [0.15, 0.2) is 17.3 Å². The van der Waals surface area contributed by atoms with Crippen LogP contribution in [-0.2, 0) is 0 Å². The zero-order valence-corrected chi connectivity index (χ0v) is 13.7. The highest BCUT2D eigenvalue weighted by molar-refractivity contribution is 6.06. The van der Waals surface area contributed by atoms with E-state index in [4.69, 9.17) is 9.47 Å². The predicted molar refractivity (Wildman–Crippen MR) is 91.1 cm³/mol. The first-order chi connectivity index (χ1) is 11.2. The van der Waals surface area contributed by atoms with Crippen LogP contribution in [0.3, 0.4) is 0 Å². The Bertz CT molecular complexity index is 693. The van der Waals surface area contributed by atoms with Crippen LogP contribution in [0, 0.1) is 6.92 Å². The zero-order chi connectivity index (χ0) is 16.7. The van der Waals surface area contributed by atoms with Gasteiger partial charge in [0, 0.05) is 18.0 Å². The number of carbonyl (C=O) groups is 1. The van der Waals surface area contributed by atoms with Crippen molar-refractivity contribution in [2.75, 3.05) is 13.2 Å². The molecular formula is C19H21NO3. The number of hydrogen-bond acceptors (Lipinski definition) is 4. The van der Waals surface area contributed by atoms with Gasteiger partial charge in [-0.3, -0.25) is 9.78 Å². The van der Waals surface area contributed by atoms with E-state index in [0.29, 0.717) is 24.5 Å². The summed E-state index contributed by atoms with van der Waals surface area (Å²) in [5.41, 5.74) is 2.49. The molecule has 0 saturated heterocycles. The van der Waals surface area contributed by atoms with Crippen LogP contribution in [0.1, 0.15) is 35.3 Å². The molecule has 0 bridgehead atoms. The average Bonchev–Trinajstić information content (AvgIpc) is 2.57. The van der Waals surface area contributed by atoms with Crippen LogP contribution >= 0.6 is 0 Å². The van der Waals surface area contributed by atoms with Gasteiger partial charge in [-0.15, -0.1) is 0 Å². The third-order valence-corrected chi connectivity index (χ3v) is 3.24. The smallest absolute Gasteiger partial charge is 0.185 e. The third-order valence-electron chi connectivity index (χ3n) is 3.24. The Labute approximate surface area is 136 Å². The normalized spacial score (nSPS) is 10.7. The Kier molecular flexibility index (Phi) is 5.92. The van der Waals surface area contributed by atoms with Crippen molar-refractivity contribution < 1.29 is 14.3 Å². The molecule has 0 fully saturated rings. The van der Waals surface area contributed by atoms with Gasteiger partial charge in [-0.05, 0) is 62.2 Å². The Morgan fingerprint density at radius 2 is 1.83 bits per heavy atom. The van der Waals surface area contributed by atoms with Crippen LogP contribution in [0.2, 0.25) is 0 Å². The topological polar surface area (TPSA) is 48.4 Å². The first kappa shape index (κ1) is 16.7. The Hall–Kier alpha value is -2.62. The Balaban J connectivity index is 2.26. The zero-order valence-electron chi connectivity index (χ0n) is 13.7. The maximum absolute atomic E-state index is 12.1. The fourth-order valence-electron chi connectivity index (χ4n) is 2.24. The average molecular weight is 311 g/mol. The molecule has 4 nitrogen and oxygen atoms in total. The van der Waals surface area contributed by atoms with Crippen molar-refractivity contribution in [1.29, 1.82) is 0 Å². The molecule has 1 aromatic carbocycles. The van der Waals surface area contributed by atoms with Gasteiger partial charge in [0.25, 0.3) is 0 Å². The molecule has 0 aliphatic heterocycles. The molecule has 0 unspecified atom stereocenters. The number of benzene rings is 1. The van der Waals surface area contributed by atoms with Crippen molar-refractivity contribution in [2.24, 2.45) is 0 Å². The van der Waals surface area contributed by atoms with Crippen LogP contribution in [0.15, 0.2) is 42.7 Å². The van der Waals surface area contributed by atoms with Crippen LogP contribution in [-0.4, -0.2) is 24.0 Å². The molecule has 2 rings (SSSR count). The van der Waals surface area contributed by atoms with E-state index < -0.39 is 0 Å². The molecule has 0 radical (unpaired) electrons. The largest absolute Gasteiger partial charge is 0.490 e. The molecule has 0 saturated carbocycles. The predicted octanol–water partition coefficient (Wildman–Crippen LogP) is 4.08. The lowest BCUT2D eigenvalue weighted by Crippen LogP contribution is -2.01. The van der Waals surface area contributed by atoms with Gasteiger partial charge in [-0.1, -0.05) is 6.08 Å². The fraction of sp³-hybridized carbons (Fsp3) is 0.263. The van der Waals surface area contributed by atoms with E-state index in [9.17, 15) is 4.79 Å². The number of allylic oxidation sites excluding steroid dienone is 1. The number of rotatable bonds is 7. The van der Waals surface area contributed by atoms with Gasteiger partial charge in [0.1, 0.15) is 0 Å². The van der Waals surface area contributed by atoms with E-state index in [1.807, 2.05) is 32.9 Å². The number of pyridine rings is 1. The minimum atomic E-state index is -0.0584. The van der Waals surface area contributed by atoms with Crippen molar-refractivity contribution in [3.05, 3.63) is 59.4 Å². The van der Waals surface area contributed by atoms with E-state index in [2.05, 4.69) is 4.98 Å². The summed E-state index contributed by atoms with van der Waals surface area (Å²) in [5.74, 6) is 1.40.